The second kappa shape index (κ2) is 23.0. The molecule has 1 unspecified atom stereocenters. The summed E-state index contributed by atoms with van der Waals surface area (Å²) < 4.78 is 2.42. The minimum atomic E-state index is 0.523. The van der Waals surface area contributed by atoms with Crippen molar-refractivity contribution in [1.29, 1.82) is 0 Å². The van der Waals surface area contributed by atoms with Crippen LogP contribution >= 0.6 is 0 Å². The van der Waals surface area contributed by atoms with Crippen LogP contribution in [-0.2, 0) is 32.2 Å². The van der Waals surface area contributed by atoms with Crippen LogP contribution in [0.15, 0.2) is 138 Å². The molecular formula is C52H69N6+. The van der Waals surface area contributed by atoms with Gasteiger partial charge in [0.1, 0.15) is 18.7 Å². The Kier molecular flexibility index (Phi) is 18.0. The van der Waals surface area contributed by atoms with E-state index in [0.29, 0.717) is 6.04 Å². The molecule has 0 fully saturated rings. The highest BCUT2D eigenvalue weighted by atomic mass is 15.4. The predicted molar refractivity (Wildman–Crippen MR) is 254 cm³/mol. The molecule has 4 aliphatic heterocycles. The number of likely N-dealkylation sites (N-methyl/N-ethyl adjacent to an activating group) is 2. The summed E-state index contributed by atoms with van der Waals surface area (Å²) in [6.07, 6.45) is 5.04. The number of nitrogens with zero attached hydrogens (tertiary/aromatic N) is 6. The summed E-state index contributed by atoms with van der Waals surface area (Å²) in [6, 6.07) is 46.1. The zero-order chi connectivity index (χ0) is 42.0. The Morgan fingerprint density at radius 3 is 1.67 bits per heavy atom. The zero-order valence-corrected chi connectivity index (χ0v) is 37.3. The van der Waals surface area contributed by atoms with Crippen LogP contribution in [0.4, 0.5) is 22.7 Å². The molecule has 0 N–H and O–H groups in total. The largest absolute Gasteiger partial charge is 0.363 e. The van der Waals surface area contributed by atoms with Gasteiger partial charge in [-0.25, -0.2) is 4.58 Å². The van der Waals surface area contributed by atoms with Gasteiger partial charge in [-0.15, -0.1) is 10.2 Å². The van der Waals surface area contributed by atoms with Crippen molar-refractivity contribution in [3.05, 3.63) is 155 Å². The van der Waals surface area contributed by atoms with Crippen LogP contribution in [0.25, 0.3) is 0 Å². The average Bonchev–Trinajstić information content (AvgIpc) is 4.03. The Morgan fingerprint density at radius 1 is 0.552 bits per heavy atom. The van der Waals surface area contributed by atoms with Gasteiger partial charge in [0, 0.05) is 74.1 Å². The zero-order valence-electron chi connectivity index (χ0n) is 37.3. The van der Waals surface area contributed by atoms with E-state index in [4.69, 9.17) is 0 Å². The molecule has 1 atom stereocenters. The summed E-state index contributed by atoms with van der Waals surface area (Å²) >= 11 is 0. The van der Waals surface area contributed by atoms with Crippen LogP contribution in [0.3, 0.4) is 0 Å². The Labute approximate surface area is 351 Å². The second-order valence-electron chi connectivity index (χ2n) is 13.7. The molecule has 4 heterocycles. The molecule has 0 saturated carbocycles. The number of para-hydroxylation sites is 4. The van der Waals surface area contributed by atoms with Gasteiger partial charge in [-0.3, -0.25) is 0 Å². The van der Waals surface area contributed by atoms with Gasteiger partial charge < -0.3 is 14.7 Å². The van der Waals surface area contributed by atoms with Crippen molar-refractivity contribution in [2.24, 2.45) is 10.2 Å². The van der Waals surface area contributed by atoms with Gasteiger partial charge in [-0.1, -0.05) is 159 Å². The molecule has 0 saturated heterocycles. The molecule has 306 valence electrons. The highest BCUT2D eigenvalue weighted by Gasteiger charge is 2.35. The Morgan fingerprint density at radius 2 is 1.05 bits per heavy atom. The maximum Gasteiger partial charge on any atom is 0.208 e. The van der Waals surface area contributed by atoms with Crippen molar-refractivity contribution in [1.82, 2.24) is 0 Å². The maximum atomic E-state index is 4.59. The summed E-state index contributed by atoms with van der Waals surface area (Å²) in [4.78, 5) is 7.01. The van der Waals surface area contributed by atoms with Crippen LogP contribution in [0.2, 0.25) is 0 Å². The van der Waals surface area contributed by atoms with Crippen LogP contribution in [0.5, 0.6) is 0 Å². The van der Waals surface area contributed by atoms with Gasteiger partial charge in [0.2, 0.25) is 5.69 Å². The van der Waals surface area contributed by atoms with Gasteiger partial charge in [0.25, 0.3) is 0 Å². The third kappa shape index (κ3) is 10.3. The first kappa shape index (κ1) is 45.2. The molecule has 9 rings (SSSR count). The van der Waals surface area contributed by atoms with E-state index in [0.717, 1.165) is 56.9 Å². The van der Waals surface area contributed by atoms with Crippen molar-refractivity contribution in [3.8, 4) is 0 Å². The first-order valence-corrected chi connectivity index (χ1v) is 21.9. The molecular weight excluding hydrogens is 709 g/mol. The van der Waals surface area contributed by atoms with E-state index < -0.39 is 0 Å². The minimum absolute atomic E-state index is 0.523. The summed E-state index contributed by atoms with van der Waals surface area (Å²) in [7, 11) is 4.29. The van der Waals surface area contributed by atoms with Crippen LogP contribution in [-0.4, -0.2) is 48.6 Å². The van der Waals surface area contributed by atoms with E-state index in [2.05, 4.69) is 178 Å². The lowest BCUT2D eigenvalue weighted by atomic mass is 10.0. The number of hydrogen-bond donors (Lipinski definition) is 0. The van der Waals surface area contributed by atoms with Crippen molar-refractivity contribution < 1.29 is 4.58 Å². The third-order valence-corrected chi connectivity index (χ3v) is 10.7. The quantitative estimate of drug-likeness (QED) is 0.127. The highest BCUT2D eigenvalue weighted by Crippen LogP contribution is 2.37. The third-order valence-electron chi connectivity index (χ3n) is 10.7. The first-order valence-electron chi connectivity index (χ1n) is 21.9. The highest BCUT2D eigenvalue weighted by molar-refractivity contribution is 6.07. The number of amidine groups is 2. The van der Waals surface area contributed by atoms with E-state index >= 15 is 0 Å². The van der Waals surface area contributed by atoms with Gasteiger partial charge in [0.15, 0.2) is 5.71 Å². The Balaban J connectivity index is 0.000000221. The molecule has 0 spiro atoms. The number of hydrogen-bond acceptors (Lipinski definition) is 3. The van der Waals surface area contributed by atoms with Crippen molar-refractivity contribution in [2.45, 2.75) is 107 Å². The van der Waals surface area contributed by atoms with Gasteiger partial charge in [-0.05, 0) is 53.8 Å². The molecule has 4 aliphatic rings. The van der Waals surface area contributed by atoms with Gasteiger partial charge in [0.05, 0.1) is 6.42 Å². The Bertz CT molecular complexity index is 2110. The molecule has 6 nitrogen and oxygen atoms in total. The van der Waals surface area contributed by atoms with Crippen molar-refractivity contribution in [3.63, 3.8) is 0 Å². The molecule has 58 heavy (non-hydrogen) atoms. The van der Waals surface area contributed by atoms with E-state index in [1.54, 1.807) is 0 Å². The maximum absolute atomic E-state index is 4.59. The predicted octanol–water partition coefficient (Wildman–Crippen LogP) is 12.6. The molecule has 0 amide bonds. The van der Waals surface area contributed by atoms with Crippen LogP contribution in [0, 0.1) is 0 Å². The molecule has 0 bridgehead atoms. The van der Waals surface area contributed by atoms with Gasteiger partial charge in [-0.2, -0.15) is 0 Å². The topological polar surface area (TPSA) is 37.5 Å². The van der Waals surface area contributed by atoms with E-state index in [9.17, 15) is 0 Å². The fourth-order valence-corrected chi connectivity index (χ4v) is 8.08. The lowest BCUT2D eigenvalue weighted by molar-refractivity contribution is -0.403. The number of rotatable bonds is 6. The second-order valence-corrected chi connectivity index (χ2v) is 13.7. The number of anilines is 3. The number of benzene rings is 5. The summed E-state index contributed by atoms with van der Waals surface area (Å²) in [5.74, 6) is 2.04. The van der Waals surface area contributed by atoms with Crippen LogP contribution < -0.4 is 14.7 Å². The van der Waals surface area contributed by atoms with Crippen molar-refractivity contribution in [2.75, 3.05) is 35.3 Å². The molecule has 0 aliphatic carbocycles. The molecule has 0 radical (unpaired) electrons. The summed E-state index contributed by atoms with van der Waals surface area (Å²) in [5.41, 5.74) is 13.8. The monoisotopic (exact) mass is 778 g/mol. The lowest BCUT2D eigenvalue weighted by Crippen LogP contribution is -2.34. The van der Waals surface area contributed by atoms with Gasteiger partial charge >= 0.3 is 0 Å². The van der Waals surface area contributed by atoms with E-state index in [-0.39, 0.29) is 0 Å². The number of fused-ring (bicyclic) bond motifs is 4. The molecule has 5 aromatic rings. The molecule has 5 aromatic carbocycles. The smallest absolute Gasteiger partial charge is 0.208 e. The van der Waals surface area contributed by atoms with E-state index in [1.807, 2.05) is 55.4 Å². The average molecular weight is 778 g/mol. The molecule has 0 aromatic heterocycles. The summed E-state index contributed by atoms with van der Waals surface area (Å²) in [6.45, 7) is 20.0. The fraction of sp³-hybridized carbons (Fsp3) is 0.365. The van der Waals surface area contributed by atoms with Crippen LogP contribution in [0.1, 0.15) is 96.6 Å². The van der Waals surface area contributed by atoms with E-state index in [1.165, 1.54) is 56.3 Å². The summed E-state index contributed by atoms with van der Waals surface area (Å²) in [5, 5.41) is 9.17. The molecule has 6 heteroatoms. The minimum Gasteiger partial charge on any atom is -0.363 e. The lowest BCUT2D eigenvalue weighted by Gasteiger charge is -2.27. The Hall–Kier alpha value is -5.49. The fourth-order valence-electron chi connectivity index (χ4n) is 8.08. The SMILES string of the molecule is CC.CC.CC.CC.CCN1/C(=N\N=C2/Cc3ccccc3N2C)Cc2ccccc21.C[N+]1=C(CC2Cc3ccccc3N2Cc2ccccc2)Cc2ccccc21. The first-order chi connectivity index (χ1) is 28.6. The standard InChI is InChI=1S/C25H25N2.C19H20N4.4C2H6/c1-26-22(15-20-11-5-7-13-24(20)26)17-23-16-21-12-6-8-14-25(21)27(23)18-19-9-3-2-4-10-19;1-3-23-17-11-7-5-9-15(17)13-19(23)21-20-18-12-14-8-4-6-10-16(14)22(18)2;4*1-2/h2-14,23H,15-18H2,1H3;4-11H,3,12-13H2,1-2H3;4*1-2H3/q+1;;;;;/b;20-18+,21-19-;;;;. The normalized spacial score (nSPS) is 16.5. The van der Waals surface area contributed by atoms with Crippen molar-refractivity contribution >= 4 is 40.1 Å².